The van der Waals surface area contributed by atoms with E-state index in [4.69, 9.17) is 4.52 Å². The Balaban J connectivity index is 1.51. The minimum atomic E-state index is -0.343. The molecule has 1 atom stereocenters. The van der Waals surface area contributed by atoms with Gasteiger partial charge in [-0.15, -0.1) is 0 Å². The van der Waals surface area contributed by atoms with Crippen LogP contribution in [0.25, 0.3) is 17.3 Å². The number of hydrogen-bond donors (Lipinski definition) is 1. The van der Waals surface area contributed by atoms with E-state index in [-0.39, 0.29) is 23.5 Å². The Morgan fingerprint density at radius 2 is 2.00 bits per heavy atom. The topological polar surface area (TPSA) is 98.7 Å². The minimum Gasteiger partial charge on any atom is -0.344 e. The zero-order valence-electron chi connectivity index (χ0n) is 15.7. The van der Waals surface area contributed by atoms with Gasteiger partial charge in [0.25, 0.3) is 11.8 Å². The number of carbonyl (C=O) groups excluding carboxylic acids is 1. The molecule has 0 bridgehead atoms. The number of halogens is 1. The molecule has 8 nitrogen and oxygen atoms in total. The second-order valence-corrected chi connectivity index (χ2v) is 6.46. The van der Waals surface area contributed by atoms with Gasteiger partial charge < -0.3 is 9.84 Å². The van der Waals surface area contributed by atoms with Gasteiger partial charge >= 0.3 is 0 Å². The van der Waals surface area contributed by atoms with Crippen molar-refractivity contribution in [3.8, 4) is 17.3 Å². The molecule has 0 spiro atoms. The quantitative estimate of drug-likeness (QED) is 0.560. The van der Waals surface area contributed by atoms with Crippen molar-refractivity contribution in [3.05, 3.63) is 78.0 Å². The number of pyridine rings is 1. The molecular formula is C20H17FN6O2. The molecule has 29 heavy (non-hydrogen) atoms. The van der Waals surface area contributed by atoms with Crippen LogP contribution in [-0.2, 0) is 0 Å². The van der Waals surface area contributed by atoms with Crippen molar-refractivity contribution in [3.63, 3.8) is 0 Å². The summed E-state index contributed by atoms with van der Waals surface area (Å²) >= 11 is 0. The number of aryl methyl sites for hydroxylation is 1. The highest BCUT2D eigenvalue weighted by Crippen LogP contribution is 2.19. The summed E-state index contributed by atoms with van der Waals surface area (Å²) < 4.78 is 19.9. The van der Waals surface area contributed by atoms with E-state index in [2.05, 4.69) is 25.4 Å². The first-order chi connectivity index (χ1) is 14.0. The molecule has 1 N–H and O–H groups in total. The maximum Gasteiger partial charge on any atom is 0.271 e. The number of nitrogens with zero attached hydrogens (tertiary/aromatic N) is 5. The van der Waals surface area contributed by atoms with Crippen LogP contribution in [0.4, 0.5) is 4.39 Å². The Labute approximate surface area is 165 Å². The van der Waals surface area contributed by atoms with E-state index < -0.39 is 0 Å². The van der Waals surface area contributed by atoms with Crippen molar-refractivity contribution in [1.29, 1.82) is 0 Å². The van der Waals surface area contributed by atoms with Gasteiger partial charge in [-0.2, -0.15) is 4.98 Å². The van der Waals surface area contributed by atoms with E-state index in [0.717, 1.165) is 5.56 Å². The average molecular weight is 392 g/mol. The molecule has 0 fully saturated rings. The molecule has 1 aromatic carbocycles. The van der Waals surface area contributed by atoms with Crippen molar-refractivity contribution in [2.75, 3.05) is 0 Å². The maximum absolute atomic E-state index is 13.1. The number of benzene rings is 1. The third kappa shape index (κ3) is 4.03. The number of imidazole rings is 1. The number of amides is 1. The zero-order chi connectivity index (χ0) is 20.4. The summed E-state index contributed by atoms with van der Waals surface area (Å²) in [6.45, 7) is 3.56. The number of carbonyl (C=O) groups is 1. The molecule has 0 radical (unpaired) electrons. The van der Waals surface area contributed by atoms with Crippen LogP contribution in [-0.4, -0.2) is 30.6 Å². The van der Waals surface area contributed by atoms with Crippen molar-refractivity contribution in [2.24, 2.45) is 0 Å². The van der Waals surface area contributed by atoms with Crippen LogP contribution in [0.3, 0.4) is 0 Å². The molecule has 0 unspecified atom stereocenters. The van der Waals surface area contributed by atoms with Crippen molar-refractivity contribution < 1.29 is 13.7 Å². The standard InChI is InChI=1S/C20H17FN6O2/c1-12(14-3-5-16(21)6-4-14)24-19(28)17-10-27(11-23-17)18-9-15(7-8-22-18)20-25-13(2)26-29-20/h3-12H,1-2H3,(H,24,28)/t12-/m1/s1. The van der Waals surface area contributed by atoms with Gasteiger partial charge in [-0.25, -0.2) is 14.4 Å². The van der Waals surface area contributed by atoms with Gasteiger partial charge in [0.05, 0.1) is 6.04 Å². The summed E-state index contributed by atoms with van der Waals surface area (Å²) in [5, 5.41) is 6.63. The predicted octanol–water partition coefficient (Wildman–Crippen LogP) is 3.26. The minimum absolute atomic E-state index is 0.236. The lowest BCUT2D eigenvalue weighted by molar-refractivity contribution is 0.0935. The first-order valence-electron chi connectivity index (χ1n) is 8.87. The van der Waals surface area contributed by atoms with E-state index in [0.29, 0.717) is 23.1 Å². The van der Waals surface area contributed by atoms with Crippen LogP contribution in [0.15, 0.2) is 59.6 Å². The van der Waals surface area contributed by atoms with Gasteiger partial charge in [0.1, 0.15) is 23.7 Å². The molecule has 1 amide bonds. The van der Waals surface area contributed by atoms with Crippen molar-refractivity contribution in [1.82, 2.24) is 30.0 Å². The number of rotatable bonds is 5. The summed E-state index contributed by atoms with van der Waals surface area (Å²) in [6.07, 6.45) is 4.70. The first kappa shape index (κ1) is 18.5. The van der Waals surface area contributed by atoms with Gasteiger partial charge in [-0.1, -0.05) is 17.3 Å². The van der Waals surface area contributed by atoms with Crippen LogP contribution in [0, 0.1) is 12.7 Å². The number of aromatic nitrogens is 5. The summed E-state index contributed by atoms with van der Waals surface area (Å²) in [7, 11) is 0. The second-order valence-electron chi connectivity index (χ2n) is 6.46. The van der Waals surface area contributed by atoms with E-state index >= 15 is 0 Å². The largest absolute Gasteiger partial charge is 0.344 e. The molecule has 0 aliphatic carbocycles. The Morgan fingerprint density at radius 3 is 2.72 bits per heavy atom. The second kappa shape index (κ2) is 7.63. The highest BCUT2D eigenvalue weighted by atomic mass is 19.1. The molecule has 4 aromatic rings. The summed E-state index contributed by atoms with van der Waals surface area (Å²) in [5.41, 5.74) is 1.74. The predicted molar refractivity (Wildman–Crippen MR) is 102 cm³/mol. The molecule has 3 heterocycles. The lowest BCUT2D eigenvalue weighted by Gasteiger charge is -2.13. The lowest BCUT2D eigenvalue weighted by atomic mass is 10.1. The fourth-order valence-corrected chi connectivity index (χ4v) is 2.78. The van der Waals surface area contributed by atoms with Gasteiger partial charge in [-0.3, -0.25) is 9.36 Å². The van der Waals surface area contributed by atoms with Gasteiger partial charge in [0.2, 0.25) is 0 Å². The van der Waals surface area contributed by atoms with Gasteiger partial charge in [0.15, 0.2) is 5.82 Å². The van der Waals surface area contributed by atoms with Crippen molar-refractivity contribution in [2.45, 2.75) is 19.9 Å². The Kier molecular flexibility index (Phi) is 4.86. The molecule has 9 heteroatoms. The molecular weight excluding hydrogens is 375 g/mol. The Bertz CT molecular complexity index is 1150. The zero-order valence-corrected chi connectivity index (χ0v) is 15.7. The van der Waals surface area contributed by atoms with Crippen LogP contribution in [0.1, 0.15) is 34.8 Å². The monoisotopic (exact) mass is 392 g/mol. The fraction of sp³-hybridized carbons (Fsp3) is 0.150. The third-order valence-electron chi connectivity index (χ3n) is 4.32. The van der Waals surface area contributed by atoms with E-state index in [1.165, 1.54) is 18.5 Å². The van der Waals surface area contributed by atoms with Crippen LogP contribution < -0.4 is 5.32 Å². The van der Waals surface area contributed by atoms with E-state index in [1.807, 2.05) is 6.92 Å². The van der Waals surface area contributed by atoms with Crippen molar-refractivity contribution >= 4 is 5.91 Å². The molecule has 0 aliphatic rings. The molecule has 3 aromatic heterocycles. The molecule has 4 rings (SSSR count). The number of hydrogen-bond acceptors (Lipinski definition) is 6. The maximum atomic E-state index is 13.1. The molecule has 0 aliphatic heterocycles. The van der Waals surface area contributed by atoms with Crippen LogP contribution >= 0.6 is 0 Å². The SMILES string of the molecule is Cc1noc(-c2ccnc(-n3cnc(C(=O)N[C@H](C)c4ccc(F)cc4)c3)c2)n1. The summed E-state index contributed by atoms with van der Waals surface area (Å²) in [5.74, 6) is 0.810. The summed E-state index contributed by atoms with van der Waals surface area (Å²) in [6, 6.07) is 9.20. The summed E-state index contributed by atoms with van der Waals surface area (Å²) in [4.78, 5) is 25.2. The van der Waals surface area contributed by atoms with E-state index in [9.17, 15) is 9.18 Å². The lowest BCUT2D eigenvalue weighted by Crippen LogP contribution is -2.26. The highest BCUT2D eigenvalue weighted by Gasteiger charge is 2.15. The first-order valence-corrected chi connectivity index (χ1v) is 8.87. The molecule has 146 valence electrons. The van der Waals surface area contributed by atoms with Crippen LogP contribution in [0.2, 0.25) is 0 Å². The number of nitrogens with one attached hydrogen (secondary N) is 1. The van der Waals surface area contributed by atoms with Gasteiger partial charge in [-0.05, 0) is 43.7 Å². The average Bonchev–Trinajstić information content (AvgIpc) is 3.38. The van der Waals surface area contributed by atoms with E-state index in [1.54, 1.807) is 48.1 Å². The normalized spacial score (nSPS) is 12.0. The smallest absolute Gasteiger partial charge is 0.271 e. The van der Waals surface area contributed by atoms with Crippen LogP contribution in [0.5, 0.6) is 0 Å². The third-order valence-corrected chi connectivity index (χ3v) is 4.32. The van der Waals surface area contributed by atoms with Gasteiger partial charge in [0, 0.05) is 18.0 Å². The fourth-order valence-electron chi connectivity index (χ4n) is 2.78. The Hall–Kier alpha value is -3.88. The Morgan fingerprint density at radius 1 is 1.21 bits per heavy atom. The highest BCUT2D eigenvalue weighted by molar-refractivity contribution is 5.92. The molecule has 0 saturated carbocycles. The molecule has 0 saturated heterocycles.